The fraction of sp³-hybridized carbons (Fsp3) is 0.750. The molecule has 0 rings (SSSR count). The predicted octanol–water partition coefficient (Wildman–Crippen LogP) is -4.46. The second-order valence-electron chi connectivity index (χ2n) is 3.26. The molecule has 0 spiro atoms. The molecule has 0 aliphatic carbocycles. The van der Waals surface area contributed by atoms with Gasteiger partial charge in [0.1, 0.15) is 18.2 Å². The van der Waals surface area contributed by atoms with Crippen molar-refractivity contribution >= 4 is 11.9 Å². The van der Waals surface area contributed by atoms with Gasteiger partial charge in [-0.2, -0.15) is 0 Å². The highest BCUT2D eigenvalue weighted by molar-refractivity contribution is 5.81. The average molecular weight is 239 g/mol. The summed E-state index contributed by atoms with van der Waals surface area (Å²) in [4.78, 5) is 19.4. The second-order valence-corrected chi connectivity index (χ2v) is 3.26. The number of carboxylic acids is 2. The van der Waals surface area contributed by atoms with Crippen LogP contribution in [0.5, 0.6) is 0 Å². The van der Waals surface area contributed by atoms with Crippen LogP contribution in [0.2, 0.25) is 0 Å². The fourth-order valence-corrected chi connectivity index (χ4v) is 0.264. The maximum Gasteiger partial charge on any atom is 0.335 e. The first kappa shape index (κ1) is 17.2. The van der Waals surface area contributed by atoms with E-state index in [9.17, 15) is 14.7 Å². The Morgan fingerprint density at radius 2 is 1.44 bits per heavy atom. The molecule has 7 N–H and O–H groups in total. The molecule has 0 heterocycles. The van der Waals surface area contributed by atoms with Crippen LogP contribution in [0.1, 0.15) is 13.8 Å². The Hall–Kier alpha value is -1.22. The lowest BCUT2D eigenvalue weighted by atomic mass is 10.2. The highest BCUT2D eigenvalue weighted by Gasteiger charge is 2.23. The lowest BCUT2D eigenvalue weighted by Gasteiger charge is -2.13. The summed E-state index contributed by atoms with van der Waals surface area (Å²) in [5, 5.41) is 42.7. The number of aliphatic hydroxyl groups excluding tert-OH is 3. The molecular weight excluding hydrogens is 222 g/mol. The Bertz CT molecular complexity index is 204. The molecule has 0 aliphatic heterocycles. The lowest BCUT2D eigenvalue weighted by Crippen LogP contribution is -2.63. The number of quaternary nitrogens is 1. The Morgan fingerprint density at radius 1 is 1.12 bits per heavy atom. The van der Waals surface area contributed by atoms with E-state index >= 15 is 0 Å². The Kier molecular flexibility index (Phi) is 8.58. The Labute approximate surface area is 91.9 Å². The van der Waals surface area contributed by atoms with Gasteiger partial charge in [-0.25, -0.2) is 4.79 Å². The van der Waals surface area contributed by atoms with Gasteiger partial charge in [-0.3, -0.25) is 0 Å². The van der Waals surface area contributed by atoms with Crippen LogP contribution in [0.15, 0.2) is 0 Å². The summed E-state index contributed by atoms with van der Waals surface area (Å²) < 4.78 is 0. The van der Waals surface area contributed by atoms with E-state index in [0.29, 0.717) is 0 Å². The molecule has 0 fully saturated rings. The molecule has 0 unspecified atom stereocenters. The molecule has 0 saturated heterocycles. The second kappa shape index (κ2) is 7.99. The van der Waals surface area contributed by atoms with Crippen molar-refractivity contribution in [2.75, 3.05) is 0 Å². The highest BCUT2D eigenvalue weighted by atomic mass is 16.4. The van der Waals surface area contributed by atoms with Gasteiger partial charge in [0.2, 0.25) is 0 Å². The van der Waals surface area contributed by atoms with Crippen LogP contribution in [0.25, 0.3) is 0 Å². The number of hydrogen-bond acceptors (Lipinski definition) is 6. The molecule has 0 saturated carbocycles. The van der Waals surface area contributed by atoms with Crippen molar-refractivity contribution in [2.45, 2.75) is 38.2 Å². The van der Waals surface area contributed by atoms with Gasteiger partial charge >= 0.3 is 5.97 Å². The minimum absolute atomic E-state index is 0.157. The van der Waals surface area contributed by atoms with Gasteiger partial charge in [-0.15, -0.1) is 0 Å². The van der Waals surface area contributed by atoms with Crippen molar-refractivity contribution in [3.8, 4) is 0 Å². The number of aliphatic carboxylic acids is 2. The molecule has 16 heavy (non-hydrogen) atoms. The molecule has 0 radical (unpaired) electrons. The van der Waals surface area contributed by atoms with Crippen LogP contribution in [0, 0.1) is 0 Å². The largest absolute Gasteiger partial charge is 0.547 e. The maximum atomic E-state index is 9.74. The van der Waals surface area contributed by atoms with E-state index in [2.05, 4.69) is 5.73 Å². The normalized spacial score (nSPS) is 17.4. The first-order chi connectivity index (χ1) is 7.11. The summed E-state index contributed by atoms with van der Waals surface area (Å²) >= 11 is 0. The monoisotopic (exact) mass is 239 g/mol. The van der Waals surface area contributed by atoms with E-state index in [-0.39, 0.29) is 12.1 Å². The molecule has 0 aromatic rings. The molecule has 0 bridgehead atoms. The summed E-state index contributed by atoms with van der Waals surface area (Å²) in [6, 6.07) is 0.157. The van der Waals surface area contributed by atoms with Gasteiger partial charge in [-0.05, 0) is 13.8 Å². The molecular formula is C8H17NO7. The van der Waals surface area contributed by atoms with Crippen molar-refractivity contribution in [3.63, 3.8) is 0 Å². The van der Waals surface area contributed by atoms with Gasteiger partial charge in [0, 0.05) is 0 Å². The molecule has 4 atom stereocenters. The van der Waals surface area contributed by atoms with E-state index in [1.54, 1.807) is 6.92 Å². The van der Waals surface area contributed by atoms with E-state index < -0.39 is 24.1 Å². The van der Waals surface area contributed by atoms with Crippen LogP contribution in [-0.2, 0) is 9.59 Å². The predicted molar refractivity (Wildman–Crippen MR) is 48.7 cm³/mol. The standard InChI is InChI=1S/C4H11NO.C4H6O6/c1-3(5)4(2)6;5-1(3(7)8)2(6)4(9)10/h3-4,6H,5H2,1-2H3;1-2,5-6H,(H,7,8)(H,9,10)/t3-,4-;1-,2-/m00/s1. The molecule has 8 heteroatoms. The van der Waals surface area contributed by atoms with Crippen LogP contribution in [-0.4, -0.2) is 56.7 Å². The SMILES string of the molecule is C[C@H]([NH3+])[C@H](C)O.O=C([O-])[C@@H](O)[C@H](O)C(=O)O. The third-order valence-electron chi connectivity index (χ3n) is 1.62. The van der Waals surface area contributed by atoms with Gasteiger partial charge < -0.3 is 36.1 Å². The van der Waals surface area contributed by atoms with E-state index in [1.807, 2.05) is 6.92 Å². The first-order valence-corrected chi connectivity index (χ1v) is 4.42. The molecule has 0 aromatic heterocycles. The van der Waals surface area contributed by atoms with Crippen molar-refractivity contribution in [3.05, 3.63) is 0 Å². The van der Waals surface area contributed by atoms with Gasteiger partial charge in [0.05, 0.1) is 5.97 Å². The summed E-state index contributed by atoms with van der Waals surface area (Å²) in [5.41, 5.74) is 3.59. The number of aliphatic hydroxyl groups is 3. The van der Waals surface area contributed by atoms with Crippen LogP contribution in [0.4, 0.5) is 0 Å². The number of carbonyl (C=O) groups is 2. The molecule has 96 valence electrons. The first-order valence-electron chi connectivity index (χ1n) is 4.42. The lowest BCUT2D eigenvalue weighted by molar-refractivity contribution is -0.430. The minimum atomic E-state index is -2.38. The van der Waals surface area contributed by atoms with Crippen molar-refractivity contribution < 1.29 is 40.9 Å². The Balaban J connectivity index is 0. The number of hydrogen-bond donors (Lipinski definition) is 5. The third-order valence-corrected chi connectivity index (χ3v) is 1.62. The van der Waals surface area contributed by atoms with E-state index in [4.69, 9.17) is 20.4 Å². The third kappa shape index (κ3) is 8.12. The molecule has 0 amide bonds. The maximum absolute atomic E-state index is 9.74. The van der Waals surface area contributed by atoms with Crippen LogP contribution in [0.3, 0.4) is 0 Å². The van der Waals surface area contributed by atoms with Crippen molar-refractivity contribution in [1.82, 2.24) is 0 Å². The quantitative estimate of drug-likeness (QED) is 0.330. The highest BCUT2D eigenvalue weighted by Crippen LogP contribution is 1.90. The summed E-state index contributed by atoms with van der Waals surface area (Å²) in [6.07, 6.45) is -4.97. The average Bonchev–Trinajstić information content (AvgIpc) is 2.15. The van der Waals surface area contributed by atoms with Crippen molar-refractivity contribution in [2.24, 2.45) is 0 Å². The van der Waals surface area contributed by atoms with Crippen molar-refractivity contribution in [1.29, 1.82) is 0 Å². The fourth-order valence-electron chi connectivity index (χ4n) is 0.264. The summed E-state index contributed by atoms with van der Waals surface area (Å²) in [6.45, 7) is 3.61. The van der Waals surface area contributed by atoms with Gasteiger partial charge in [0.15, 0.2) is 6.10 Å². The topological polar surface area (TPSA) is 166 Å². The summed E-state index contributed by atoms with van der Waals surface area (Å²) in [5.74, 6) is -3.83. The zero-order valence-corrected chi connectivity index (χ0v) is 9.03. The van der Waals surface area contributed by atoms with Crippen LogP contribution >= 0.6 is 0 Å². The van der Waals surface area contributed by atoms with Crippen LogP contribution < -0.4 is 10.8 Å². The molecule has 8 nitrogen and oxygen atoms in total. The van der Waals surface area contributed by atoms with E-state index in [1.165, 1.54) is 0 Å². The van der Waals surface area contributed by atoms with E-state index in [0.717, 1.165) is 0 Å². The Morgan fingerprint density at radius 3 is 1.50 bits per heavy atom. The summed E-state index contributed by atoms with van der Waals surface area (Å²) in [7, 11) is 0. The molecule has 0 aromatic carbocycles. The van der Waals surface area contributed by atoms with Gasteiger partial charge in [-0.1, -0.05) is 0 Å². The zero-order chi connectivity index (χ0) is 13.5. The number of carboxylic acid groups (broad SMARTS) is 2. The minimum Gasteiger partial charge on any atom is -0.547 e. The number of carbonyl (C=O) groups excluding carboxylic acids is 1. The smallest absolute Gasteiger partial charge is 0.335 e. The molecule has 0 aliphatic rings. The van der Waals surface area contributed by atoms with Gasteiger partial charge in [0.25, 0.3) is 0 Å². The number of rotatable bonds is 4. The zero-order valence-electron chi connectivity index (χ0n) is 9.03.